The predicted molar refractivity (Wildman–Crippen MR) is 81.7 cm³/mol. The molecule has 112 valence electrons. The Balaban J connectivity index is 2.25. The molecule has 5 heteroatoms. The largest absolute Gasteiger partial charge is 0.383 e. The zero-order valence-electron chi connectivity index (χ0n) is 12.7. The van der Waals surface area contributed by atoms with Crippen LogP contribution in [0.1, 0.15) is 33.6 Å². The standard InChI is InChI=1S/C14H28N2O2S/c1-14(2,3)19-11-13(17)15-12-6-5-7-16(10-12)8-9-18-4/h12H,5-11H2,1-4H3,(H,15,17). The van der Waals surface area contributed by atoms with Gasteiger partial charge in [0.1, 0.15) is 0 Å². The topological polar surface area (TPSA) is 41.6 Å². The van der Waals surface area contributed by atoms with Crippen LogP contribution in [0.25, 0.3) is 0 Å². The molecule has 0 aromatic heterocycles. The average Bonchev–Trinajstić information content (AvgIpc) is 2.33. The summed E-state index contributed by atoms with van der Waals surface area (Å²) in [5.41, 5.74) is 0. The highest BCUT2D eigenvalue weighted by atomic mass is 32.2. The molecule has 1 aliphatic heterocycles. The Morgan fingerprint density at radius 2 is 2.21 bits per heavy atom. The number of hydrogen-bond acceptors (Lipinski definition) is 4. The van der Waals surface area contributed by atoms with Crippen molar-refractivity contribution in [3.63, 3.8) is 0 Å². The van der Waals surface area contributed by atoms with Crippen molar-refractivity contribution in [1.82, 2.24) is 10.2 Å². The molecule has 4 nitrogen and oxygen atoms in total. The minimum absolute atomic E-state index is 0.147. The Bertz CT molecular complexity index is 279. The molecule has 0 aromatic rings. The van der Waals surface area contributed by atoms with Crippen molar-refractivity contribution < 1.29 is 9.53 Å². The number of methoxy groups -OCH3 is 1. The highest BCUT2D eigenvalue weighted by molar-refractivity contribution is 8.01. The summed E-state index contributed by atoms with van der Waals surface area (Å²) in [6.07, 6.45) is 2.25. The number of nitrogens with one attached hydrogen (secondary N) is 1. The summed E-state index contributed by atoms with van der Waals surface area (Å²) in [5.74, 6) is 0.719. The van der Waals surface area contributed by atoms with E-state index in [4.69, 9.17) is 4.74 Å². The van der Waals surface area contributed by atoms with Crippen LogP contribution >= 0.6 is 11.8 Å². The molecular weight excluding hydrogens is 260 g/mol. The second-order valence-corrected chi connectivity index (χ2v) is 7.90. The van der Waals surface area contributed by atoms with Crippen LogP contribution in [-0.2, 0) is 9.53 Å². The highest BCUT2D eigenvalue weighted by Gasteiger charge is 2.21. The molecule has 0 saturated carbocycles. The first kappa shape index (κ1) is 16.8. The van der Waals surface area contributed by atoms with Crippen LogP contribution in [0.2, 0.25) is 0 Å². The Morgan fingerprint density at radius 3 is 2.84 bits per heavy atom. The second kappa shape index (κ2) is 8.12. The van der Waals surface area contributed by atoms with Gasteiger partial charge in [-0.25, -0.2) is 0 Å². The number of nitrogens with zero attached hydrogens (tertiary/aromatic N) is 1. The van der Waals surface area contributed by atoms with Crippen LogP contribution in [0.5, 0.6) is 0 Å². The fourth-order valence-corrected chi connectivity index (χ4v) is 2.80. The number of rotatable bonds is 6. The molecule has 1 atom stereocenters. The summed E-state index contributed by atoms with van der Waals surface area (Å²) in [6, 6.07) is 0.304. The summed E-state index contributed by atoms with van der Waals surface area (Å²) in [5, 5.41) is 3.16. The lowest BCUT2D eigenvalue weighted by molar-refractivity contribution is -0.119. The molecule has 19 heavy (non-hydrogen) atoms. The van der Waals surface area contributed by atoms with Crippen LogP contribution in [0.4, 0.5) is 0 Å². The van der Waals surface area contributed by atoms with Crippen molar-refractivity contribution in [3.05, 3.63) is 0 Å². The molecule has 0 radical (unpaired) electrons. The number of thioether (sulfide) groups is 1. The Labute approximate surface area is 121 Å². The van der Waals surface area contributed by atoms with Gasteiger partial charge in [0.05, 0.1) is 12.4 Å². The van der Waals surface area contributed by atoms with E-state index in [1.54, 1.807) is 18.9 Å². The summed E-state index contributed by atoms with van der Waals surface area (Å²) < 4.78 is 5.25. The van der Waals surface area contributed by atoms with E-state index in [0.717, 1.165) is 39.1 Å². The van der Waals surface area contributed by atoms with Gasteiger partial charge in [0.25, 0.3) is 0 Å². The van der Waals surface area contributed by atoms with Crippen molar-refractivity contribution >= 4 is 17.7 Å². The van der Waals surface area contributed by atoms with Gasteiger partial charge < -0.3 is 10.1 Å². The van der Waals surface area contributed by atoms with Gasteiger partial charge in [-0.3, -0.25) is 9.69 Å². The van der Waals surface area contributed by atoms with Crippen molar-refractivity contribution in [3.8, 4) is 0 Å². The van der Waals surface area contributed by atoms with E-state index in [-0.39, 0.29) is 10.7 Å². The number of amides is 1. The van der Waals surface area contributed by atoms with Crippen LogP contribution in [0, 0.1) is 0 Å². The molecule has 1 N–H and O–H groups in total. The number of carbonyl (C=O) groups excluding carboxylic acids is 1. The van der Waals surface area contributed by atoms with Crippen molar-refractivity contribution in [2.45, 2.75) is 44.4 Å². The third kappa shape index (κ3) is 7.80. The molecule has 1 unspecified atom stereocenters. The van der Waals surface area contributed by atoms with E-state index in [1.165, 1.54) is 0 Å². The Hall–Kier alpha value is -0.260. The molecule has 1 rings (SSSR count). The van der Waals surface area contributed by atoms with Gasteiger partial charge in [-0.2, -0.15) is 0 Å². The van der Waals surface area contributed by atoms with Crippen LogP contribution in [0.15, 0.2) is 0 Å². The van der Waals surface area contributed by atoms with Crippen molar-refractivity contribution in [1.29, 1.82) is 0 Å². The van der Waals surface area contributed by atoms with Crippen LogP contribution < -0.4 is 5.32 Å². The molecule has 1 saturated heterocycles. The number of carbonyl (C=O) groups is 1. The number of ether oxygens (including phenoxy) is 1. The molecule has 1 heterocycles. The van der Waals surface area contributed by atoms with E-state index in [0.29, 0.717) is 11.8 Å². The Kier molecular flexibility index (Phi) is 7.18. The SMILES string of the molecule is COCCN1CCCC(NC(=O)CSC(C)(C)C)C1. The highest BCUT2D eigenvalue weighted by Crippen LogP contribution is 2.22. The fraction of sp³-hybridized carbons (Fsp3) is 0.929. The molecular formula is C14H28N2O2S. The van der Waals surface area contributed by atoms with Gasteiger partial charge >= 0.3 is 0 Å². The van der Waals surface area contributed by atoms with Gasteiger partial charge in [-0.1, -0.05) is 20.8 Å². The van der Waals surface area contributed by atoms with E-state index in [9.17, 15) is 4.79 Å². The zero-order chi connectivity index (χ0) is 14.3. The minimum atomic E-state index is 0.147. The summed E-state index contributed by atoms with van der Waals surface area (Å²) in [4.78, 5) is 14.3. The van der Waals surface area contributed by atoms with Gasteiger partial charge in [-0.15, -0.1) is 11.8 Å². The molecule has 1 aliphatic rings. The van der Waals surface area contributed by atoms with Crippen LogP contribution in [0.3, 0.4) is 0 Å². The first-order valence-corrected chi connectivity index (χ1v) is 8.04. The maximum atomic E-state index is 11.9. The quantitative estimate of drug-likeness (QED) is 0.808. The van der Waals surface area contributed by atoms with E-state index in [1.807, 2.05) is 0 Å². The monoisotopic (exact) mass is 288 g/mol. The molecule has 0 aliphatic carbocycles. The van der Waals surface area contributed by atoms with E-state index < -0.39 is 0 Å². The van der Waals surface area contributed by atoms with Gasteiger partial charge in [-0.05, 0) is 19.4 Å². The van der Waals surface area contributed by atoms with Crippen LogP contribution in [-0.4, -0.2) is 60.7 Å². The van der Waals surface area contributed by atoms with Crippen molar-refractivity contribution in [2.75, 3.05) is 39.1 Å². The van der Waals surface area contributed by atoms with E-state index in [2.05, 4.69) is 31.0 Å². The first-order valence-electron chi connectivity index (χ1n) is 7.05. The number of piperidine rings is 1. The zero-order valence-corrected chi connectivity index (χ0v) is 13.5. The third-order valence-corrected chi connectivity index (χ3v) is 4.39. The number of likely N-dealkylation sites (tertiary alicyclic amines) is 1. The lowest BCUT2D eigenvalue weighted by Crippen LogP contribution is -2.49. The predicted octanol–water partition coefficient (Wildman–Crippen LogP) is 1.75. The normalized spacial score (nSPS) is 21.4. The molecule has 0 aromatic carbocycles. The molecule has 1 fully saturated rings. The minimum Gasteiger partial charge on any atom is -0.383 e. The summed E-state index contributed by atoms with van der Waals surface area (Å²) in [7, 11) is 1.73. The third-order valence-electron chi connectivity index (χ3n) is 3.12. The lowest BCUT2D eigenvalue weighted by atomic mass is 10.1. The second-order valence-electron chi connectivity index (χ2n) is 6.10. The lowest BCUT2D eigenvalue weighted by Gasteiger charge is -2.33. The maximum Gasteiger partial charge on any atom is 0.230 e. The smallest absolute Gasteiger partial charge is 0.230 e. The molecule has 0 spiro atoms. The molecule has 0 bridgehead atoms. The maximum absolute atomic E-state index is 11.9. The van der Waals surface area contributed by atoms with Gasteiger partial charge in [0.15, 0.2) is 0 Å². The number of hydrogen-bond donors (Lipinski definition) is 1. The van der Waals surface area contributed by atoms with Crippen molar-refractivity contribution in [2.24, 2.45) is 0 Å². The summed E-state index contributed by atoms with van der Waals surface area (Å²) >= 11 is 1.70. The van der Waals surface area contributed by atoms with Gasteiger partial charge in [0, 0.05) is 31.0 Å². The Morgan fingerprint density at radius 1 is 1.47 bits per heavy atom. The fourth-order valence-electron chi connectivity index (χ4n) is 2.15. The van der Waals surface area contributed by atoms with E-state index >= 15 is 0 Å². The van der Waals surface area contributed by atoms with Gasteiger partial charge in [0.2, 0.25) is 5.91 Å². The first-order chi connectivity index (χ1) is 8.90. The summed E-state index contributed by atoms with van der Waals surface area (Å²) in [6.45, 7) is 10.2. The average molecular weight is 288 g/mol. The molecule has 1 amide bonds.